The fraction of sp³-hybridized carbons (Fsp3) is 0.176. The molecule has 2 aromatic heterocycles. The summed E-state index contributed by atoms with van der Waals surface area (Å²) in [4.78, 5) is 20.0. The molecule has 42 heavy (non-hydrogen) atoms. The second kappa shape index (κ2) is 10.3. The van der Waals surface area contributed by atoms with Gasteiger partial charge in [-0.05, 0) is 79.8 Å². The van der Waals surface area contributed by atoms with E-state index in [-0.39, 0.29) is 16.6 Å². The van der Waals surface area contributed by atoms with Crippen LogP contribution in [0.1, 0.15) is 46.1 Å². The number of allylic oxidation sites excluding steroid dienone is 1. The molecule has 210 valence electrons. The minimum atomic E-state index is -0.459. The lowest BCUT2D eigenvalue weighted by Crippen LogP contribution is -2.39. The van der Waals surface area contributed by atoms with E-state index in [0.717, 1.165) is 63.6 Å². The molecule has 0 saturated carbocycles. The molecule has 0 radical (unpaired) electrons. The molecule has 3 heterocycles. The average molecular weight is 596 g/mol. The first-order valence-corrected chi connectivity index (χ1v) is 15.0. The Hall–Kier alpha value is -4.20. The fourth-order valence-corrected chi connectivity index (χ4v) is 7.45. The van der Waals surface area contributed by atoms with Gasteiger partial charge in [0.2, 0.25) is 0 Å². The van der Waals surface area contributed by atoms with Crippen LogP contribution in [0, 0.1) is 19.7 Å². The summed E-state index contributed by atoms with van der Waals surface area (Å²) in [7, 11) is 1.66. The lowest BCUT2D eigenvalue weighted by Gasteiger charge is -2.31. The molecule has 1 atom stereocenters. The van der Waals surface area contributed by atoms with Gasteiger partial charge in [-0.25, -0.2) is 9.38 Å². The van der Waals surface area contributed by atoms with Crippen LogP contribution >= 0.6 is 22.9 Å². The highest BCUT2D eigenvalue weighted by Crippen LogP contribution is 2.43. The number of rotatable bonds is 4. The number of thiazole rings is 1. The van der Waals surface area contributed by atoms with Crippen LogP contribution in [0.25, 0.3) is 17.5 Å². The molecule has 1 aliphatic carbocycles. The van der Waals surface area contributed by atoms with E-state index in [9.17, 15) is 9.18 Å². The molecule has 5 nitrogen and oxygen atoms in total. The number of hydrogen-bond acceptors (Lipinski definition) is 4. The normalized spacial score (nSPS) is 16.1. The van der Waals surface area contributed by atoms with Gasteiger partial charge in [0.1, 0.15) is 11.6 Å². The highest BCUT2D eigenvalue weighted by atomic mass is 35.5. The molecular weight excluding hydrogens is 569 g/mol. The summed E-state index contributed by atoms with van der Waals surface area (Å²) in [5, 5.41) is 0.0664. The first-order chi connectivity index (χ1) is 20.4. The van der Waals surface area contributed by atoms with Gasteiger partial charge in [0.05, 0.1) is 28.4 Å². The summed E-state index contributed by atoms with van der Waals surface area (Å²) in [6.07, 6.45) is 3.63. The molecule has 0 unspecified atom stereocenters. The topological polar surface area (TPSA) is 48.5 Å². The van der Waals surface area contributed by atoms with Crippen LogP contribution in [0.4, 0.5) is 4.39 Å². The predicted molar refractivity (Wildman–Crippen MR) is 166 cm³/mol. The number of halogens is 2. The average Bonchev–Trinajstić information content (AvgIpc) is 3.46. The standard InChI is InChI=1S/C34H27ClFN3O2S/c1-19-16-22(20(2)38(19)23-13-15-28(36)27(35)18-23)17-30-33(40)39-32(25-10-6-7-11-29(25)41-3)26-14-12-21-8-4-5-9-24(21)31(26)37-34(39)42-30/h4-11,13,15-18,32H,12,14H2,1-3H3/b30-17-/t32-/m1/s1. The van der Waals surface area contributed by atoms with Gasteiger partial charge in [-0.1, -0.05) is 65.4 Å². The maximum Gasteiger partial charge on any atom is 0.271 e. The lowest BCUT2D eigenvalue weighted by molar-refractivity contribution is 0.402. The second-order valence-electron chi connectivity index (χ2n) is 10.6. The van der Waals surface area contributed by atoms with Gasteiger partial charge in [0.15, 0.2) is 4.80 Å². The predicted octanol–water partition coefficient (Wildman–Crippen LogP) is 6.53. The lowest BCUT2D eigenvalue weighted by atomic mass is 9.83. The van der Waals surface area contributed by atoms with Crippen molar-refractivity contribution in [2.75, 3.05) is 7.11 Å². The largest absolute Gasteiger partial charge is 0.496 e. The Morgan fingerprint density at radius 1 is 1.05 bits per heavy atom. The smallest absolute Gasteiger partial charge is 0.271 e. The molecule has 7 rings (SSSR count). The molecular formula is C34H27ClFN3O2S. The quantitative estimate of drug-likeness (QED) is 0.237. The number of methoxy groups -OCH3 is 1. The number of benzene rings is 3. The van der Waals surface area contributed by atoms with E-state index in [1.54, 1.807) is 19.2 Å². The number of hydrogen-bond donors (Lipinski definition) is 0. The van der Waals surface area contributed by atoms with Gasteiger partial charge >= 0.3 is 0 Å². The first-order valence-electron chi connectivity index (χ1n) is 13.8. The van der Waals surface area contributed by atoms with Gasteiger partial charge in [-0.15, -0.1) is 0 Å². The first kappa shape index (κ1) is 26.7. The molecule has 8 heteroatoms. The van der Waals surface area contributed by atoms with E-state index in [1.807, 2.05) is 65.5 Å². The zero-order valence-electron chi connectivity index (χ0n) is 23.3. The molecule has 0 N–H and O–H groups in total. The number of aromatic nitrogens is 2. The molecule has 0 saturated heterocycles. The van der Waals surface area contributed by atoms with E-state index in [0.29, 0.717) is 9.33 Å². The maximum atomic E-state index is 14.2. The minimum absolute atomic E-state index is 0.0664. The zero-order valence-corrected chi connectivity index (χ0v) is 24.9. The summed E-state index contributed by atoms with van der Waals surface area (Å²) < 4.78 is 24.1. The van der Waals surface area contributed by atoms with Crippen LogP contribution in [0.3, 0.4) is 0 Å². The van der Waals surface area contributed by atoms with Crippen LogP contribution in [-0.4, -0.2) is 16.2 Å². The Kier molecular flexibility index (Phi) is 6.52. The number of ether oxygens (including phenoxy) is 1. The molecule has 0 amide bonds. The number of para-hydroxylation sites is 1. The Morgan fingerprint density at radius 3 is 2.64 bits per heavy atom. The van der Waals surface area contributed by atoms with Gasteiger partial charge in [0.25, 0.3) is 5.56 Å². The van der Waals surface area contributed by atoms with Crippen molar-refractivity contribution >= 4 is 34.7 Å². The summed E-state index contributed by atoms with van der Waals surface area (Å²) >= 11 is 7.49. The molecule has 1 aliphatic heterocycles. The van der Waals surface area contributed by atoms with Crippen molar-refractivity contribution in [2.24, 2.45) is 4.99 Å². The summed E-state index contributed by atoms with van der Waals surface area (Å²) in [5.41, 5.74) is 8.87. The molecule has 5 aromatic rings. The van der Waals surface area contributed by atoms with E-state index < -0.39 is 5.82 Å². The van der Waals surface area contributed by atoms with E-state index in [1.165, 1.54) is 23.0 Å². The molecule has 0 bridgehead atoms. The van der Waals surface area contributed by atoms with Crippen molar-refractivity contribution in [3.05, 3.63) is 143 Å². The Labute approximate surface area is 251 Å². The van der Waals surface area contributed by atoms with Crippen LogP contribution in [0.5, 0.6) is 5.75 Å². The van der Waals surface area contributed by atoms with Crippen LogP contribution in [-0.2, 0) is 6.42 Å². The Balaban J connectivity index is 1.44. The van der Waals surface area contributed by atoms with Gasteiger partial charge in [-0.2, -0.15) is 0 Å². The maximum absolute atomic E-state index is 14.2. The Bertz CT molecular complexity index is 2120. The SMILES string of the molecule is COc1ccccc1[C@@H]1C2=C(N=c3s/c(=C\c4cc(C)n(-c5ccc(F)c(Cl)c5)c4C)c(=O)n31)c1ccccc1CC2. The van der Waals surface area contributed by atoms with Crippen molar-refractivity contribution in [1.82, 2.24) is 9.13 Å². The van der Waals surface area contributed by atoms with Crippen molar-refractivity contribution in [3.8, 4) is 11.4 Å². The minimum Gasteiger partial charge on any atom is -0.496 e. The molecule has 3 aromatic carbocycles. The second-order valence-corrected chi connectivity index (χ2v) is 12.0. The van der Waals surface area contributed by atoms with Gasteiger partial charge in [0, 0.05) is 28.2 Å². The monoisotopic (exact) mass is 595 g/mol. The van der Waals surface area contributed by atoms with E-state index in [4.69, 9.17) is 21.3 Å². The summed E-state index contributed by atoms with van der Waals surface area (Å²) in [6.45, 7) is 3.97. The summed E-state index contributed by atoms with van der Waals surface area (Å²) in [5.74, 6) is 0.283. The van der Waals surface area contributed by atoms with Crippen LogP contribution in [0.15, 0.2) is 88.2 Å². The fourth-order valence-electron chi connectivity index (χ4n) is 6.29. The van der Waals surface area contributed by atoms with Gasteiger partial charge in [-0.3, -0.25) is 9.36 Å². The highest BCUT2D eigenvalue weighted by molar-refractivity contribution is 7.07. The van der Waals surface area contributed by atoms with Crippen molar-refractivity contribution in [2.45, 2.75) is 32.7 Å². The number of nitrogens with zero attached hydrogens (tertiary/aromatic N) is 3. The van der Waals surface area contributed by atoms with E-state index in [2.05, 4.69) is 18.2 Å². The summed E-state index contributed by atoms with van der Waals surface area (Å²) in [6, 6.07) is 22.7. The zero-order chi connectivity index (χ0) is 29.1. The Morgan fingerprint density at radius 2 is 1.83 bits per heavy atom. The van der Waals surface area contributed by atoms with Crippen molar-refractivity contribution < 1.29 is 9.13 Å². The highest BCUT2D eigenvalue weighted by Gasteiger charge is 2.34. The van der Waals surface area contributed by atoms with Crippen LogP contribution < -0.4 is 19.6 Å². The third-order valence-corrected chi connectivity index (χ3v) is 9.50. The third-order valence-electron chi connectivity index (χ3n) is 8.22. The number of fused-ring (bicyclic) bond motifs is 3. The van der Waals surface area contributed by atoms with Crippen molar-refractivity contribution in [1.29, 1.82) is 0 Å². The molecule has 0 spiro atoms. The molecule has 2 aliphatic rings. The number of aryl methyl sites for hydroxylation is 2. The van der Waals surface area contributed by atoms with Gasteiger partial charge < -0.3 is 9.30 Å². The molecule has 0 fully saturated rings. The van der Waals surface area contributed by atoms with Crippen LogP contribution in [0.2, 0.25) is 5.02 Å². The third kappa shape index (κ3) is 4.18. The van der Waals surface area contributed by atoms with Crippen molar-refractivity contribution in [3.63, 3.8) is 0 Å². The van der Waals surface area contributed by atoms with E-state index >= 15 is 0 Å².